The molecule has 0 aliphatic carbocycles. The maximum absolute atomic E-state index is 13.2. The van der Waals surface area contributed by atoms with Gasteiger partial charge in [0.1, 0.15) is 5.82 Å². The summed E-state index contributed by atoms with van der Waals surface area (Å²) in [5.41, 5.74) is 0.347. The maximum atomic E-state index is 13.2. The van der Waals surface area contributed by atoms with Gasteiger partial charge in [-0.3, -0.25) is 19.8 Å². The number of benzene rings is 2. The van der Waals surface area contributed by atoms with Crippen molar-refractivity contribution >= 4 is 21.6 Å². The molecule has 0 radical (unpaired) electrons. The highest BCUT2D eigenvalue weighted by Gasteiger charge is 2.34. The first-order valence-corrected chi connectivity index (χ1v) is 12.0. The molecule has 9 nitrogen and oxygen atoms in total. The number of nitrogens with one attached hydrogen (secondary N) is 1. The van der Waals surface area contributed by atoms with Crippen LogP contribution in [0.4, 0.5) is 10.1 Å². The smallest absolute Gasteiger partial charge is 0.289 e. The van der Waals surface area contributed by atoms with Gasteiger partial charge in [0.05, 0.1) is 17.5 Å². The Balaban J connectivity index is 1.60. The van der Waals surface area contributed by atoms with Gasteiger partial charge in [-0.25, -0.2) is 12.8 Å². The van der Waals surface area contributed by atoms with E-state index in [-0.39, 0.29) is 48.2 Å². The molecule has 2 aromatic rings. The molecule has 0 spiro atoms. The van der Waals surface area contributed by atoms with Crippen LogP contribution in [0.3, 0.4) is 0 Å². The van der Waals surface area contributed by atoms with Crippen LogP contribution in [0, 0.1) is 21.8 Å². The van der Waals surface area contributed by atoms with Crippen LogP contribution < -0.4 is 5.32 Å². The molecule has 1 aliphatic rings. The Labute approximate surface area is 192 Å². The van der Waals surface area contributed by atoms with Crippen molar-refractivity contribution in [2.75, 3.05) is 32.7 Å². The van der Waals surface area contributed by atoms with Gasteiger partial charge in [-0.1, -0.05) is 38.1 Å². The number of nitrogens with zero attached hydrogens (tertiary/aromatic N) is 3. The summed E-state index contributed by atoms with van der Waals surface area (Å²) >= 11 is 0. The van der Waals surface area contributed by atoms with E-state index in [2.05, 4.69) is 5.32 Å². The van der Waals surface area contributed by atoms with Crippen LogP contribution in [0.2, 0.25) is 0 Å². The second-order valence-corrected chi connectivity index (χ2v) is 10.2. The summed E-state index contributed by atoms with van der Waals surface area (Å²) in [4.78, 5) is 24.7. The minimum absolute atomic E-state index is 0.0862. The Bertz CT molecular complexity index is 1100. The van der Waals surface area contributed by atoms with Crippen molar-refractivity contribution in [1.29, 1.82) is 0 Å². The quantitative estimate of drug-likeness (QED) is 0.461. The largest absolute Gasteiger partial charge is 0.348 e. The number of rotatable bonds is 8. The van der Waals surface area contributed by atoms with Gasteiger partial charge in [-0.15, -0.1) is 0 Å². The fraction of sp³-hybridized carbons (Fsp3) is 0.409. The number of hydrogen-bond donors (Lipinski definition) is 1. The highest BCUT2D eigenvalue weighted by molar-refractivity contribution is 7.89. The van der Waals surface area contributed by atoms with Crippen molar-refractivity contribution in [2.24, 2.45) is 5.92 Å². The lowest BCUT2D eigenvalue weighted by Gasteiger charge is -2.34. The summed E-state index contributed by atoms with van der Waals surface area (Å²) in [6.07, 6.45) is 0. The molecule has 1 atom stereocenters. The molecular formula is C22H27FN4O5S. The van der Waals surface area contributed by atoms with Crippen LogP contribution in [-0.2, 0) is 14.8 Å². The van der Waals surface area contributed by atoms with E-state index in [0.717, 1.165) is 5.56 Å². The third-order valence-electron chi connectivity index (χ3n) is 5.59. The Hall–Kier alpha value is -2.89. The molecule has 3 rings (SSSR count). The summed E-state index contributed by atoms with van der Waals surface area (Å²) in [7, 11) is -4.03. The topological polar surface area (TPSA) is 113 Å². The normalized spacial score (nSPS) is 16.5. The molecular weight excluding hydrogens is 451 g/mol. The number of halogens is 1. The Morgan fingerprint density at radius 2 is 1.70 bits per heavy atom. The van der Waals surface area contributed by atoms with Gasteiger partial charge in [0, 0.05) is 32.2 Å². The lowest BCUT2D eigenvalue weighted by molar-refractivity contribution is -0.387. The molecule has 1 saturated heterocycles. The van der Waals surface area contributed by atoms with E-state index in [4.69, 9.17) is 0 Å². The van der Waals surface area contributed by atoms with E-state index in [9.17, 15) is 27.7 Å². The maximum Gasteiger partial charge on any atom is 0.289 e. The molecule has 1 unspecified atom stereocenters. The zero-order chi connectivity index (χ0) is 24.2. The number of para-hydroxylation sites is 1. The van der Waals surface area contributed by atoms with Crippen molar-refractivity contribution in [2.45, 2.75) is 24.8 Å². The second-order valence-electron chi connectivity index (χ2n) is 8.25. The molecule has 33 heavy (non-hydrogen) atoms. The number of amides is 1. The second kappa shape index (κ2) is 10.4. The number of hydrogen-bond acceptors (Lipinski definition) is 6. The highest BCUT2D eigenvalue weighted by atomic mass is 32.2. The SMILES string of the molecule is CC(C)C(NC(=O)CN1CCN(S(=O)(=O)c2ccccc2[N+](=O)[O-])CC1)c1ccc(F)cc1. The van der Waals surface area contributed by atoms with Gasteiger partial charge in [-0.05, 0) is 29.7 Å². The van der Waals surface area contributed by atoms with Gasteiger partial charge in [0.15, 0.2) is 4.90 Å². The van der Waals surface area contributed by atoms with Crippen LogP contribution >= 0.6 is 0 Å². The first-order chi connectivity index (χ1) is 15.6. The molecule has 1 amide bonds. The molecule has 0 saturated carbocycles. The van der Waals surface area contributed by atoms with Crippen molar-refractivity contribution in [3.8, 4) is 0 Å². The van der Waals surface area contributed by atoms with Gasteiger partial charge in [0.2, 0.25) is 15.9 Å². The number of nitro groups is 1. The lowest BCUT2D eigenvalue weighted by Crippen LogP contribution is -2.51. The number of sulfonamides is 1. The predicted molar refractivity (Wildman–Crippen MR) is 120 cm³/mol. The van der Waals surface area contributed by atoms with Crippen LogP contribution in [0.25, 0.3) is 0 Å². The first-order valence-electron chi connectivity index (χ1n) is 10.6. The van der Waals surface area contributed by atoms with Gasteiger partial charge in [-0.2, -0.15) is 4.31 Å². The zero-order valence-corrected chi connectivity index (χ0v) is 19.3. The zero-order valence-electron chi connectivity index (χ0n) is 18.5. The van der Waals surface area contributed by atoms with E-state index in [1.807, 2.05) is 18.7 Å². The van der Waals surface area contributed by atoms with Crippen molar-refractivity contribution in [3.63, 3.8) is 0 Å². The molecule has 1 fully saturated rings. The fourth-order valence-corrected chi connectivity index (χ4v) is 5.40. The number of carbonyl (C=O) groups excluding carboxylic acids is 1. The molecule has 178 valence electrons. The third kappa shape index (κ3) is 5.92. The predicted octanol–water partition coefficient (Wildman–Crippen LogP) is 2.55. The summed E-state index contributed by atoms with van der Waals surface area (Å²) < 4.78 is 40.3. The van der Waals surface area contributed by atoms with Crippen molar-refractivity contribution in [1.82, 2.24) is 14.5 Å². The minimum atomic E-state index is -4.03. The van der Waals surface area contributed by atoms with Gasteiger partial charge in [0.25, 0.3) is 5.69 Å². The number of carbonyl (C=O) groups is 1. The van der Waals surface area contributed by atoms with Crippen LogP contribution in [-0.4, -0.2) is 61.2 Å². The Morgan fingerprint density at radius 1 is 1.09 bits per heavy atom. The number of piperazine rings is 1. The Kier molecular flexibility index (Phi) is 7.77. The molecule has 1 heterocycles. The summed E-state index contributed by atoms with van der Waals surface area (Å²) in [5.74, 6) is -0.475. The average molecular weight is 479 g/mol. The van der Waals surface area contributed by atoms with E-state index in [1.165, 1.54) is 40.7 Å². The molecule has 1 aliphatic heterocycles. The monoisotopic (exact) mass is 478 g/mol. The van der Waals surface area contributed by atoms with Crippen LogP contribution in [0.1, 0.15) is 25.5 Å². The average Bonchev–Trinajstić information content (AvgIpc) is 2.78. The van der Waals surface area contributed by atoms with Crippen LogP contribution in [0.15, 0.2) is 53.4 Å². The standard InChI is InChI=1S/C22H27FN4O5S/c1-16(2)22(17-7-9-18(23)10-8-17)24-21(28)15-25-11-13-26(14-12-25)33(31,32)20-6-4-3-5-19(20)27(29)30/h3-10,16,22H,11-15H2,1-2H3,(H,24,28). The summed E-state index contributed by atoms with van der Waals surface area (Å²) in [6.45, 7) is 4.87. The van der Waals surface area contributed by atoms with Crippen molar-refractivity contribution in [3.05, 3.63) is 70.0 Å². The molecule has 0 aromatic heterocycles. The van der Waals surface area contributed by atoms with E-state index < -0.39 is 20.6 Å². The van der Waals surface area contributed by atoms with E-state index in [0.29, 0.717) is 13.1 Å². The third-order valence-corrected chi connectivity index (χ3v) is 7.54. The Morgan fingerprint density at radius 3 is 2.27 bits per heavy atom. The molecule has 1 N–H and O–H groups in total. The number of nitro benzene ring substituents is 1. The van der Waals surface area contributed by atoms with Gasteiger partial charge >= 0.3 is 0 Å². The van der Waals surface area contributed by atoms with E-state index in [1.54, 1.807) is 12.1 Å². The van der Waals surface area contributed by atoms with Crippen LogP contribution in [0.5, 0.6) is 0 Å². The van der Waals surface area contributed by atoms with E-state index >= 15 is 0 Å². The molecule has 0 bridgehead atoms. The fourth-order valence-electron chi connectivity index (χ4n) is 3.82. The molecule has 11 heteroatoms. The highest BCUT2D eigenvalue weighted by Crippen LogP contribution is 2.27. The minimum Gasteiger partial charge on any atom is -0.348 e. The van der Waals surface area contributed by atoms with Gasteiger partial charge < -0.3 is 5.32 Å². The summed E-state index contributed by atoms with van der Waals surface area (Å²) in [6, 6.07) is 11.0. The molecule has 2 aromatic carbocycles. The lowest BCUT2D eigenvalue weighted by atomic mass is 9.96. The first kappa shape index (κ1) is 24.7. The van der Waals surface area contributed by atoms with Crippen molar-refractivity contribution < 1.29 is 22.5 Å². The summed E-state index contributed by atoms with van der Waals surface area (Å²) in [5, 5.41) is 14.2.